The number of hydrogen-bond donors (Lipinski definition) is 0. The van der Waals surface area contributed by atoms with Crippen LogP contribution in [0.2, 0.25) is 0 Å². The molecule has 0 radical (unpaired) electrons. The zero-order valence-corrected chi connectivity index (χ0v) is 9.80. The molecule has 0 amide bonds. The van der Waals surface area contributed by atoms with Gasteiger partial charge in [-0.1, -0.05) is 20.1 Å². The molecule has 0 spiro atoms. The van der Waals surface area contributed by atoms with Gasteiger partial charge in [0.25, 0.3) is 0 Å². The number of hydrogen-bond acceptors (Lipinski definition) is 5. The van der Waals surface area contributed by atoms with E-state index in [2.05, 4.69) is 17.9 Å². The molecule has 0 bridgehead atoms. The fraction of sp³-hybridized carbons (Fsp3) is 0.615. The van der Waals surface area contributed by atoms with Gasteiger partial charge in [-0.3, -0.25) is 4.79 Å². The molecular weight excluding hydrogens is 236 g/mol. The van der Waals surface area contributed by atoms with Crippen molar-refractivity contribution in [2.24, 2.45) is 0 Å². The smallest absolute Gasteiger partial charge is 0.313 e. The second-order valence-electron chi connectivity index (χ2n) is 3.60. The molecule has 2 fully saturated rings. The van der Waals surface area contributed by atoms with Crippen LogP contribution in [-0.4, -0.2) is 44.6 Å². The number of carbonyl (C=O) groups is 1. The van der Waals surface area contributed by atoms with Crippen LogP contribution in [0.4, 0.5) is 0 Å². The Morgan fingerprint density at radius 2 is 1.89 bits per heavy atom. The van der Waals surface area contributed by atoms with E-state index < -0.39 is 0 Å². The molecule has 2 aliphatic rings. The lowest BCUT2D eigenvalue weighted by atomic mass is 10.3. The van der Waals surface area contributed by atoms with Crippen molar-refractivity contribution in [1.29, 1.82) is 0 Å². The molecule has 0 N–H and O–H groups in total. The molecule has 2 heterocycles. The van der Waals surface area contributed by atoms with Gasteiger partial charge in [-0.25, -0.2) is 0 Å². The summed E-state index contributed by atoms with van der Waals surface area (Å²) in [5, 5.41) is 0. The van der Waals surface area contributed by atoms with Crippen molar-refractivity contribution >= 4 is 5.97 Å². The first-order chi connectivity index (χ1) is 8.26. The van der Waals surface area contributed by atoms with E-state index >= 15 is 0 Å². The third-order valence-corrected chi connectivity index (χ3v) is 1.95. The first-order valence-corrected chi connectivity index (χ1v) is 5.48. The minimum absolute atomic E-state index is 0. The molecule has 104 valence electrons. The van der Waals surface area contributed by atoms with Gasteiger partial charge in [0.15, 0.2) is 0 Å². The van der Waals surface area contributed by atoms with Gasteiger partial charge >= 0.3 is 5.97 Å². The molecule has 2 unspecified atom stereocenters. The van der Waals surface area contributed by atoms with Crippen molar-refractivity contribution < 1.29 is 23.7 Å². The van der Waals surface area contributed by atoms with Crippen molar-refractivity contribution in [2.45, 2.75) is 26.1 Å². The monoisotopic (exact) mass is 258 g/mol. The first kappa shape index (κ1) is 16.8. The third-order valence-electron chi connectivity index (χ3n) is 1.95. The van der Waals surface area contributed by atoms with E-state index in [1.54, 1.807) is 6.08 Å². The van der Waals surface area contributed by atoms with Crippen LogP contribution in [0, 0.1) is 0 Å². The molecule has 0 aliphatic carbocycles. The van der Waals surface area contributed by atoms with Crippen molar-refractivity contribution in [2.75, 3.05) is 26.4 Å². The predicted molar refractivity (Wildman–Crippen MR) is 68.1 cm³/mol. The number of esters is 1. The molecule has 0 saturated carbocycles. The molecule has 2 rings (SSSR count). The highest BCUT2D eigenvalue weighted by Gasteiger charge is 2.26. The third kappa shape index (κ3) is 10.0. The van der Waals surface area contributed by atoms with Gasteiger partial charge in [0.2, 0.25) is 0 Å². The van der Waals surface area contributed by atoms with Crippen molar-refractivity contribution in [3.63, 3.8) is 0 Å². The normalized spacial score (nSPS) is 22.7. The second kappa shape index (κ2) is 9.82. The minimum Gasteiger partial charge on any atom is -0.435 e. The summed E-state index contributed by atoms with van der Waals surface area (Å²) >= 11 is 0. The quantitative estimate of drug-likeness (QED) is 0.229. The molecule has 0 aromatic rings. The lowest BCUT2D eigenvalue weighted by Gasteiger charge is -1.92. The molecule has 0 aromatic carbocycles. The molecule has 0 aromatic heterocycles. The van der Waals surface area contributed by atoms with Crippen molar-refractivity contribution in [3.8, 4) is 0 Å². The zero-order valence-electron chi connectivity index (χ0n) is 9.80. The maximum atomic E-state index is 10.5. The summed E-state index contributed by atoms with van der Waals surface area (Å²) < 4.78 is 19.2. The molecule has 18 heavy (non-hydrogen) atoms. The van der Waals surface area contributed by atoms with Gasteiger partial charge in [-0.2, -0.15) is 0 Å². The highest BCUT2D eigenvalue weighted by atomic mass is 16.6. The Labute approximate surface area is 108 Å². The summed E-state index contributed by atoms with van der Waals surface area (Å²) in [5.74, 6) is -0.271. The average Bonchev–Trinajstić information content (AvgIpc) is 3.13. The van der Waals surface area contributed by atoms with Crippen LogP contribution < -0.4 is 0 Å². The molecule has 2 aliphatic heterocycles. The van der Waals surface area contributed by atoms with Crippen LogP contribution in [0.15, 0.2) is 25.5 Å². The Bertz CT molecular complexity index is 256. The van der Waals surface area contributed by atoms with Gasteiger partial charge < -0.3 is 18.9 Å². The van der Waals surface area contributed by atoms with Gasteiger partial charge in [0.05, 0.1) is 45.2 Å². The van der Waals surface area contributed by atoms with Crippen LogP contribution in [0.5, 0.6) is 0 Å². The fourth-order valence-electron chi connectivity index (χ4n) is 0.960. The Morgan fingerprint density at radius 3 is 2.33 bits per heavy atom. The number of rotatable bonds is 7. The topological polar surface area (TPSA) is 60.6 Å². The maximum absolute atomic E-state index is 10.5. The fourth-order valence-corrected chi connectivity index (χ4v) is 0.960. The van der Waals surface area contributed by atoms with Gasteiger partial charge in [0.1, 0.15) is 6.10 Å². The zero-order chi connectivity index (χ0) is 12.5. The van der Waals surface area contributed by atoms with E-state index in [9.17, 15) is 4.79 Å². The molecule has 5 heteroatoms. The Kier molecular flexibility index (Phi) is 9.18. The van der Waals surface area contributed by atoms with E-state index in [-0.39, 0.29) is 19.5 Å². The molecular formula is C13H22O5. The summed E-state index contributed by atoms with van der Waals surface area (Å²) in [6.45, 7) is 9.68. The van der Waals surface area contributed by atoms with Gasteiger partial charge in [-0.05, 0) is 0 Å². The minimum atomic E-state index is -0.271. The SMILES string of the molecule is C.C=CCOCC1CO1.C=COC(=O)CC1CO1. The summed E-state index contributed by atoms with van der Waals surface area (Å²) in [4.78, 5) is 10.5. The summed E-state index contributed by atoms with van der Waals surface area (Å²) in [6, 6.07) is 0. The van der Waals surface area contributed by atoms with E-state index in [1.165, 1.54) is 0 Å². The van der Waals surface area contributed by atoms with Gasteiger partial charge in [-0.15, -0.1) is 6.58 Å². The summed E-state index contributed by atoms with van der Waals surface area (Å²) in [6.07, 6.45) is 3.71. The average molecular weight is 258 g/mol. The maximum Gasteiger partial charge on any atom is 0.313 e. The van der Waals surface area contributed by atoms with Crippen LogP contribution in [-0.2, 0) is 23.7 Å². The predicted octanol–water partition coefficient (Wildman–Crippen LogP) is 1.69. The van der Waals surface area contributed by atoms with E-state index in [0.29, 0.717) is 25.7 Å². The Hall–Kier alpha value is -1.17. The Morgan fingerprint density at radius 1 is 1.28 bits per heavy atom. The largest absolute Gasteiger partial charge is 0.435 e. The lowest BCUT2D eigenvalue weighted by molar-refractivity contribution is -0.138. The van der Waals surface area contributed by atoms with Crippen LogP contribution in [0.3, 0.4) is 0 Å². The number of carbonyl (C=O) groups excluding carboxylic acids is 1. The van der Waals surface area contributed by atoms with Crippen LogP contribution in [0.25, 0.3) is 0 Å². The highest BCUT2D eigenvalue weighted by Crippen LogP contribution is 2.13. The molecule has 2 saturated heterocycles. The van der Waals surface area contributed by atoms with Crippen LogP contribution >= 0.6 is 0 Å². The number of epoxide rings is 2. The number of ether oxygens (including phenoxy) is 4. The lowest BCUT2D eigenvalue weighted by Crippen LogP contribution is -2.02. The highest BCUT2D eigenvalue weighted by molar-refractivity contribution is 5.70. The molecule has 5 nitrogen and oxygen atoms in total. The summed E-state index contributed by atoms with van der Waals surface area (Å²) in [7, 11) is 0. The van der Waals surface area contributed by atoms with Crippen molar-refractivity contribution in [1.82, 2.24) is 0 Å². The molecule has 2 atom stereocenters. The van der Waals surface area contributed by atoms with E-state index in [4.69, 9.17) is 14.2 Å². The van der Waals surface area contributed by atoms with Gasteiger partial charge in [0, 0.05) is 0 Å². The Balaban J connectivity index is 0.000000306. The van der Waals surface area contributed by atoms with Crippen LogP contribution in [0.1, 0.15) is 13.8 Å². The summed E-state index contributed by atoms with van der Waals surface area (Å²) in [5.41, 5.74) is 0. The standard InChI is InChI=1S/C6H8O3.C6H10O2.CH4/c1-2-8-6(7)3-5-4-9-5;1-2-3-7-4-6-5-8-6;/h2,5H,1,3-4H2;2,6H,1,3-5H2;1H4. The van der Waals surface area contributed by atoms with E-state index in [0.717, 1.165) is 19.5 Å². The first-order valence-electron chi connectivity index (χ1n) is 5.48. The van der Waals surface area contributed by atoms with Crippen molar-refractivity contribution in [3.05, 3.63) is 25.5 Å². The van der Waals surface area contributed by atoms with E-state index in [1.807, 2.05) is 0 Å². The second-order valence-corrected chi connectivity index (χ2v) is 3.60.